The van der Waals surface area contributed by atoms with Gasteiger partial charge in [-0.1, -0.05) is 18.2 Å². The number of hydrogen-bond acceptors (Lipinski definition) is 2. The van der Waals surface area contributed by atoms with E-state index in [0.717, 1.165) is 25.0 Å². The second-order valence-electron chi connectivity index (χ2n) is 5.30. The van der Waals surface area contributed by atoms with Crippen LogP contribution in [-0.4, -0.2) is 21.0 Å². The number of rotatable bonds is 3. The Hall–Kier alpha value is -1.35. The van der Waals surface area contributed by atoms with Crippen LogP contribution in [0.2, 0.25) is 0 Å². The molecule has 1 aliphatic rings. The summed E-state index contributed by atoms with van der Waals surface area (Å²) in [5, 5.41) is 15.7. The minimum Gasteiger partial charge on any atom is -0.393 e. The van der Waals surface area contributed by atoms with Gasteiger partial charge in [0.15, 0.2) is 0 Å². The lowest BCUT2D eigenvalue weighted by molar-refractivity contribution is 0.110. The molecule has 1 saturated carbocycles. The summed E-state index contributed by atoms with van der Waals surface area (Å²) in [6, 6.07) is 8.30. The molecule has 90 valence electrons. The first-order valence-corrected chi connectivity index (χ1v) is 6.21. The second kappa shape index (κ2) is 3.57. The third-order valence-corrected chi connectivity index (χ3v) is 4.13. The van der Waals surface area contributed by atoms with Crippen molar-refractivity contribution in [1.29, 1.82) is 0 Å². The summed E-state index contributed by atoms with van der Waals surface area (Å²) >= 11 is 0. The Balaban J connectivity index is 2.01. The third kappa shape index (κ3) is 1.65. The van der Waals surface area contributed by atoms with Gasteiger partial charge in [0.05, 0.1) is 17.3 Å². The fourth-order valence-corrected chi connectivity index (χ4v) is 2.66. The molecule has 0 aliphatic heterocycles. The molecule has 1 fully saturated rings. The number of aryl methyl sites for hydroxylation is 1. The summed E-state index contributed by atoms with van der Waals surface area (Å²) in [5.74, 6) is 0. The van der Waals surface area contributed by atoms with E-state index in [1.807, 2.05) is 24.7 Å². The summed E-state index contributed by atoms with van der Waals surface area (Å²) in [4.78, 5) is 0. The summed E-state index contributed by atoms with van der Waals surface area (Å²) in [6.07, 6.45) is 2.90. The number of aliphatic hydroxyl groups excluding tert-OH is 1. The average Bonchev–Trinajstić information content (AvgIpc) is 3.03. The molecule has 0 saturated heterocycles. The molecular formula is C14H18N2O. The van der Waals surface area contributed by atoms with Crippen LogP contribution < -0.4 is 0 Å². The Morgan fingerprint density at radius 1 is 1.41 bits per heavy atom. The number of fused-ring (bicyclic) bond motifs is 1. The fourth-order valence-electron chi connectivity index (χ4n) is 2.66. The molecule has 1 aromatic heterocycles. The van der Waals surface area contributed by atoms with E-state index in [-0.39, 0.29) is 11.5 Å². The predicted molar refractivity (Wildman–Crippen MR) is 67.8 cm³/mol. The van der Waals surface area contributed by atoms with E-state index in [0.29, 0.717) is 0 Å². The molecule has 0 spiro atoms. The monoisotopic (exact) mass is 230 g/mol. The van der Waals surface area contributed by atoms with E-state index < -0.39 is 0 Å². The molecule has 1 aromatic carbocycles. The maximum Gasteiger partial charge on any atom is 0.0709 e. The maximum absolute atomic E-state index is 9.85. The fraction of sp³-hybridized carbons (Fsp3) is 0.500. The van der Waals surface area contributed by atoms with Crippen LogP contribution in [0.3, 0.4) is 0 Å². The largest absolute Gasteiger partial charge is 0.393 e. The summed E-state index contributed by atoms with van der Waals surface area (Å²) in [6.45, 7) is 1.90. The van der Waals surface area contributed by atoms with Gasteiger partial charge in [-0.05, 0) is 25.8 Å². The van der Waals surface area contributed by atoms with Crippen LogP contribution in [0, 0.1) is 5.41 Å². The van der Waals surface area contributed by atoms with Gasteiger partial charge in [0, 0.05) is 24.3 Å². The topological polar surface area (TPSA) is 38.1 Å². The molecule has 17 heavy (non-hydrogen) atoms. The van der Waals surface area contributed by atoms with E-state index in [1.54, 1.807) is 0 Å². The summed E-state index contributed by atoms with van der Waals surface area (Å²) in [5.41, 5.74) is 2.39. The van der Waals surface area contributed by atoms with Crippen molar-refractivity contribution in [3.05, 3.63) is 30.0 Å². The first-order valence-electron chi connectivity index (χ1n) is 6.21. The van der Waals surface area contributed by atoms with Crippen molar-refractivity contribution in [2.24, 2.45) is 12.5 Å². The van der Waals surface area contributed by atoms with Crippen LogP contribution in [-0.2, 0) is 13.5 Å². The van der Waals surface area contributed by atoms with Gasteiger partial charge in [-0.2, -0.15) is 5.10 Å². The maximum atomic E-state index is 9.85. The van der Waals surface area contributed by atoms with E-state index in [4.69, 9.17) is 0 Å². The molecule has 0 bridgehead atoms. The van der Waals surface area contributed by atoms with E-state index in [9.17, 15) is 5.11 Å². The van der Waals surface area contributed by atoms with Gasteiger partial charge in [-0.15, -0.1) is 0 Å². The van der Waals surface area contributed by atoms with Crippen molar-refractivity contribution >= 4 is 10.9 Å². The van der Waals surface area contributed by atoms with Gasteiger partial charge in [0.25, 0.3) is 0 Å². The normalized spacial score (nSPS) is 19.5. The van der Waals surface area contributed by atoms with E-state index >= 15 is 0 Å². The number of para-hydroxylation sites is 1. The van der Waals surface area contributed by atoms with Crippen molar-refractivity contribution < 1.29 is 5.11 Å². The number of hydrogen-bond donors (Lipinski definition) is 1. The van der Waals surface area contributed by atoms with Crippen LogP contribution in [0.4, 0.5) is 0 Å². The highest BCUT2D eigenvalue weighted by Gasteiger charge is 2.47. The van der Waals surface area contributed by atoms with Gasteiger partial charge in [0.2, 0.25) is 0 Å². The quantitative estimate of drug-likeness (QED) is 0.878. The van der Waals surface area contributed by atoms with Crippen LogP contribution in [0.5, 0.6) is 0 Å². The average molecular weight is 230 g/mol. The van der Waals surface area contributed by atoms with Crippen molar-refractivity contribution in [3.8, 4) is 0 Å². The molecule has 3 rings (SSSR count). The Morgan fingerprint density at radius 2 is 2.12 bits per heavy atom. The third-order valence-electron chi connectivity index (χ3n) is 4.13. The van der Waals surface area contributed by atoms with Gasteiger partial charge in [-0.25, -0.2) is 0 Å². The highest BCUT2D eigenvalue weighted by atomic mass is 16.3. The zero-order chi connectivity index (χ0) is 12.0. The van der Waals surface area contributed by atoms with Crippen LogP contribution in [0.1, 0.15) is 25.5 Å². The smallest absolute Gasteiger partial charge is 0.0709 e. The molecule has 3 heteroatoms. The second-order valence-corrected chi connectivity index (χ2v) is 5.30. The lowest BCUT2D eigenvalue weighted by Crippen LogP contribution is -2.21. The summed E-state index contributed by atoms with van der Waals surface area (Å²) < 4.78 is 1.93. The predicted octanol–water partition coefficient (Wildman–Crippen LogP) is 2.28. The Kier molecular flexibility index (Phi) is 2.26. The number of nitrogens with zero attached hydrogens (tertiary/aromatic N) is 2. The highest BCUT2D eigenvalue weighted by Crippen LogP contribution is 2.51. The molecule has 1 heterocycles. The molecular weight excluding hydrogens is 212 g/mol. The lowest BCUT2D eigenvalue weighted by Gasteiger charge is -2.16. The minimum absolute atomic E-state index is 0.0944. The van der Waals surface area contributed by atoms with Crippen LogP contribution in [0.25, 0.3) is 10.9 Å². The zero-order valence-electron chi connectivity index (χ0n) is 10.3. The summed E-state index contributed by atoms with van der Waals surface area (Å²) in [7, 11) is 1.98. The van der Waals surface area contributed by atoms with Crippen LogP contribution >= 0.6 is 0 Å². The van der Waals surface area contributed by atoms with Crippen LogP contribution in [0.15, 0.2) is 24.3 Å². The number of benzene rings is 1. The minimum atomic E-state index is -0.233. The van der Waals surface area contributed by atoms with Gasteiger partial charge >= 0.3 is 0 Å². The molecule has 1 atom stereocenters. The van der Waals surface area contributed by atoms with Crippen molar-refractivity contribution in [1.82, 2.24) is 9.78 Å². The van der Waals surface area contributed by atoms with Gasteiger partial charge < -0.3 is 5.11 Å². The SMILES string of the molecule is CC(O)C1(Cc2nn(C)c3ccccc23)CC1. The Bertz CT molecular complexity index is 552. The molecule has 1 unspecified atom stereocenters. The van der Waals surface area contributed by atoms with E-state index in [1.165, 1.54) is 10.9 Å². The standard InChI is InChI=1S/C14H18N2O/c1-10(17)14(7-8-14)9-12-11-5-3-4-6-13(11)16(2)15-12/h3-6,10,17H,7-9H2,1-2H3. The molecule has 2 aromatic rings. The zero-order valence-corrected chi connectivity index (χ0v) is 10.3. The van der Waals surface area contributed by atoms with Crippen molar-refractivity contribution in [2.75, 3.05) is 0 Å². The molecule has 1 aliphatic carbocycles. The molecule has 0 radical (unpaired) electrons. The Morgan fingerprint density at radius 3 is 2.76 bits per heavy atom. The highest BCUT2D eigenvalue weighted by molar-refractivity contribution is 5.81. The first kappa shape index (κ1) is 10.8. The van der Waals surface area contributed by atoms with E-state index in [2.05, 4.69) is 23.3 Å². The first-order chi connectivity index (χ1) is 8.12. The van der Waals surface area contributed by atoms with Crippen molar-refractivity contribution in [3.63, 3.8) is 0 Å². The lowest BCUT2D eigenvalue weighted by atomic mass is 9.93. The number of aliphatic hydroxyl groups is 1. The molecule has 1 N–H and O–H groups in total. The van der Waals surface area contributed by atoms with Gasteiger partial charge in [0.1, 0.15) is 0 Å². The Labute approximate surface area is 101 Å². The molecule has 3 nitrogen and oxygen atoms in total. The van der Waals surface area contributed by atoms with Crippen molar-refractivity contribution in [2.45, 2.75) is 32.3 Å². The number of aromatic nitrogens is 2. The molecule has 0 amide bonds. The van der Waals surface area contributed by atoms with Gasteiger partial charge in [-0.3, -0.25) is 4.68 Å².